The minimum atomic E-state index is -3.80. The number of unbranched alkanes of at least 4 members (excludes halogenated alkanes) is 10. The highest BCUT2D eigenvalue weighted by Crippen LogP contribution is 2.10. The molecule has 0 aliphatic heterocycles. The Morgan fingerprint density at radius 1 is 0.750 bits per heavy atom. The minimum Gasteiger partial charge on any atom is -0.316 e. The number of hydrogen-bond acceptors (Lipinski definition) is 3. The molecule has 0 radical (unpaired) electrons. The highest BCUT2D eigenvalue weighted by molar-refractivity contribution is 7.85. The summed E-state index contributed by atoms with van der Waals surface area (Å²) in [5.41, 5.74) is 0. The van der Waals surface area contributed by atoms with E-state index < -0.39 is 10.1 Å². The van der Waals surface area contributed by atoms with E-state index in [4.69, 9.17) is 4.55 Å². The van der Waals surface area contributed by atoms with Crippen LogP contribution in [-0.2, 0) is 10.1 Å². The molecule has 20 heavy (non-hydrogen) atoms. The molecule has 0 rings (SSSR count). The van der Waals surface area contributed by atoms with Gasteiger partial charge < -0.3 is 5.32 Å². The summed E-state index contributed by atoms with van der Waals surface area (Å²) in [4.78, 5) is 0. The van der Waals surface area contributed by atoms with Crippen molar-refractivity contribution >= 4 is 10.1 Å². The summed E-state index contributed by atoms with van der Waals surface area (Å²) in [7, 11) is -3.80. The van der Waals surface area contributed by atoms with Gasteiger partial charge in [-0.05, 0) is 13.0 Å². The van der Waals surface area contributed by atoms with E-state index in [1.54, 1.807) is 0 Å². The second kappa shape index (κ2) is 13.8. The monoisotopic (exact) mass is 307 g/mol. The fourth-order valence-electron chi connectivity index (χ4n) is 2.24. The molecule has 0 unspecified atom stereocenters. The highest BCUT2D eigenvalue weighted by Gasteiger charge is 2.02. The van der Waals surface area contributed by atoms with Gasteiger partial charge in [-0.25, -0.2) is 0 Å². The standard InChI is InChI=1S/C15H33NO3S/c1-2-3-4-5-6-7-8-9-10-11-12-13-16-14-15-20(17,18)19/h16H,2-15H2,1H3,(H,17,18,19). The van der Waals surface area contributed by atoms with Gasteiger partial charge in [0.1, 0.15) is 0 Å². The van der Waals surface area contributed by atoms with Crippen LogP contribution in [0.2, 0.25) is 0 Å². The van der Waals surface area contributed by atoms with Gasteiger partial charge in [0.05, 0.1) is 5.75 Å². The molecule has 0 bridgehead atoms. The average Bonchev–Trinajstić information content (AvgIpc) is 2.38. The lowest BCUT2D eigenvalue weighted by molar-refractivity contribution is 0.479. The van der Waals surface area contributed by atoms with E-state index in [0.29, 0.717) is 6.54 Å². The molecular formula is C15H33NO3S. The third-order valence-corrected chi connectivity index (χ3v) is 4.21. The van der Waals surface area contributed by atoms with Gasteiger partial charge in [0.15, 0.2) is 0 Å². The summed E-state index contributed by atoms with van der Waals surface area (Å²) >= 11 is 0. The predicted molar refractivity (Wildman–Crippen MR) is 85.7 cm³/mol. The Balaban J connectivity index is 3.03. The van der Waals surface area contributed by atoms with Gasteiger partial charge in [-0.15, -0.1) is 0 Å². The van der Waals surface area contributed by atoms with Crippen molar-refractivity contribution in [3.8, 4) is 0 Å². The van der Waals surface area contributed by atoms with Gasteiger partial charge in [0.25, 0.3) is 10.1 Å². The van der Waals surface area contributed by atoms with Gasteiger partial charge in [0.2, 0.25) is 0 Å². The van der Waals surface area contributed by atoms with Crippen molar-refractivity contribution in [1.82, 2.24) is 5.32 Å². The van der Waals surface area contributed by atoms with E-state index in [1.807, 2.05) is 0 Å². The molecular weight excluding hydrogens is 274 g/mol. The molecule has 0 aliphatic carbocycles. The Hall–Kier alpha value is -0.130. The van der Waals surface area contributed by atoms with Crippen LogP contribution in [0.15, 0.2) is 0 Å². The molecule has 0 aromatic rings. The first-order valence-electron chi connectivity index (χ1n) is 8.22. The summed E-state index contributed by atoms with van der Waals surface area (Å²) in [6.45, 7) is 3.43. The van der Waals surface area contributed by atoms with Crippen molar-refractivity contribution in [2.75, 3.05) is 18.8 Å². The molecule has 0 amide bonds. The van der Waals surface area contributed by atoms with E-state index in [1.165, 1.54) is 64.2 Å². The summed E-state index contributed by atoms with van der Waals surface area (Å²) in [6, 6.07) is 0. The highest BCUT2D eigenvalue weighted by atomic mass is 32.2. The molecule has 5 heteroatoms. The van der Waals surface area contributed by atoms with Gasteiger partial charge in [-0.3, -0.25) is 4.55 Å². The van der Waals surface area contributed by atoms with Crippen LogP contribution in [-0.4, -0.2) is 31.8 Å². The van der Waals surface area contributed by atoms with Gasteiger partial charge in [-0.1, -0.05) is 71.1 Å². The Labute approximate surface area is 125 Å². The van der Waals surface area contributed by atoms with Crippen LogP contribution in [0.25, 0.3) is 0 Å². The van der Waals surface area contributed by atoms with Crippen LogP contribution in [0.3, 0.4) is 0 Å². The lowest BCUT2D eigenvalue weighted by Gasteiger charge is -2.04. The van der Waals surface area contributed by atoms with Gasteiger partial charge in [0, 0.05) is 6.54 Å². The number of hydrogen-bond donors (Lipinski definition) is 2. The van der Waals surface area contributed by atoms with Gasteiger partial charge >= 0.3 is 0 Å². The van der Waals surface area contributed by atoms with E-state index in [0.717, 1.165) is 13.0 Å². The molecule has 4 nitrogen and oxygen atoms in total. The van der Waals surface area contributed by atoms with Crippen molar-refractivity contribution in [2.45, 2.75) is 77.6 Å². The van der Waals surface area contributed by atoms with Crippen molar-refractivity contribution in [3.63, 3.8) is 0 Å². The Kier molecular flexibility index (Phi) is 13.7. The second-order valence-electron chi connectivity index (χ2n) is 5.57. The third kappa shape index (κ3) is 17.9. The maximum atomic E-state index is 10.5. The molecule has 0 atom stereocenters. The Morgan fingerprint density at radius 2 is 1.20 bits per heavy atom. The van der Waals surface area contributed by atoms with Crippen LogP contribution in [0.4, 0.5) is 0 Å². The first kappa shape index (κ1) is 19.9. The van der Waals surface area contributed by atoms with Gasteiger partial charge in [-0.2, -0.15) is 8.42 Å². The zero-order chi connectivity index (χ0) is 15.1. The smallest absolute Gasteiger partial charge is 0.266 e. The molecule has 0 aromatic carbocycles. The zero-order valence-corrected chi connectivity index (χ0v) is 13.9. The lowest BCUT2D eigenvalue weighted by atomic mass is 10.1. The minimum absolute atomic E-state index is 0.189. The quantitative estimate of drug-likeness (QED) is 0.357. The van der Waals surface area contributed by atoms with Crippen LogP contribution in [0.1, 0.15) is 77.6 Å². The predicted octanol–water partition coefficient (Wildman–Crippen LogP) is 3.77. The molecule has 2 N–H and O–H groups in total. The Bertz CT molecular complexity index is 291. The second-order valence-corrected chi connectivity index (χ2v) is 7.14. The van der Waals surface area contributed by atoms with E-state index >= 15 is 0 Å². The SMILES string of the molecule is CCCCCCCCCCCCCNCCS(=O)(=O)O. The molecule has 0 aliphatic rings. The number of nitrogens with one attached hydrogen (secondary N) is 1. The van der Waals surface area contributed by atoms with Crippen LogP contribution >= 0.6 is 0 Å². The van der Waals surface area contributed by atoms with Crippen LogP contribution in [0.5, 0.6) is 0 Å². The normalized spacial score (nSPS) is 11.9. The summed E-state index contributed by atoms with van der Waals surface area (Å²) in [5.74, 6) is -0.189. The fourth-order valence-corrected chi connectivity index (χ4v) is 2.64. The fraction of sp³-hybridized carbons (Fsp3) is 1.00. The molecule has 0 fully saturated rings. The maximum absolute atomic E-state index is 10.5. The van der Waals surface area contributed by atoms with Crippen molar-refractivity contribution in [1.29, 1.82) is 0 Å². The van der Waals surface area contributed by atoms with Crippen molar-refractivity contribution in [3.05, 3.63) is 0 Å². The average molecular weight is 308 g/mol. The zero-order valence-electron chi connectivity index (χ0n) is 13.1. The largest absolute Gasteiger partial charge is 0.316 e. The molecule has 122 valence electrons. The van der Waals surface area contributed by atoms with E-state index in [9.17, 15) is 8.42 Å². The first-order chi connectivity index (χ1) is 9.56. The van der Waals surface area contributed by atoms with Crippen LogP contribution in [0, 0.1) is 0 Å². The van der Waals surface area contributed by atoms with Crippen LogP contribution < -0.4 is 5.32 Å². The Morgan fingerprint density at radius 3 is 1.65 bits per heavy atom. The lowest BCUT2D eigenvalue weighted by Crippen LogP contribution is -2.23. The van der Waals surface area contributed by atoms with E-state index in [-0.39, 0.29) is 5.75 Å². The molecule has 0 spiro atoms. The first-order valence-corrected chi connectivity index (χ1v) is 9.83. The summed E-state index contributed by atoms with van der Waals surface area (Å²) in [5, 5.41) is 3.03. The van der Waals surface area contributed by atoms with Crippen molar-refractivity contribution in [2.24, 2.45) is 0 Å². The molecule has 0 saturated heterocycles. The van der Waals surface area contributed by atoms with Crippen molar-refractivity contribution < 1.29 is 13.0 Å². The topological polar surface area (TPSA) is 66.4 Å². The maximum Gasteiger partial charge on any atom is 0.266 e. The van der Waals surface area contributed by atoms with E-state index in [2.05, 4.69) is 12.2 Å². The summed E-state index contributed by atoms with van der Waals surface area (Å²) in [6.07, 6.45) is 14.5. The number of rotatable bonds is 15. The molecule has 0 aromatic heterocycles. The molecule has 0 heterocycles. The summed E-state index contributed by atoms with van der Waals surface area (Å²) < 4.78 is 29.5. The third-order valence-electron chi connectivity index (χ3n) is 3.49. The molecule has 0 saturated carbocycles.